The summed E-state index contributed by atoms with van der Waals surface area (Å²) in [5.74, 6) is 0.905. The molecule has 4 heteroatoms. The normalized spacial score (nSPS) is 16.7. The molecule has 1 aliphatic heterocycles. The molecule has 1 aliphatic rings. The molecular formula is C18H21N2O2+. The predicted molar refractivity (Wildman–Crippen MR) is 84.4 cm³/mol. The SMILES string of the molecule is COc1cccc(CNC(=O)[C@@H]2Cc3ccccc3C[NH2+]2)c1. The van der Waals surface area contributed by atoms with Crippen molar-refractivity contribution < 1.29 is 14.8 Å². The third-order valence-electron chi connectivity index (χ3n) is 4.12. The van der Waals surface area contributed by atoms with Gasteiger partial charge in [-0.2, -0.15) is 0 Å². The van der Waals surface area contributed by atoms with Crippen LogP contribution in [0.3, 0.4) is 0 Å². The minimum Gasteiger partial charge on any atom is -0.497 e. The Kier molecular flexibility index (Phi) is 4.39. The highest BCUT2D eigenvalue weighted by Crippen LogP contribution is 2.14. The highest BCUT2D eigenvalue weighted by atomic mass is 16.5. The van der Waals surface area contributed by atoms with Gasteiger partial charge >= 0.3 is 0 Å². The second kappa shape index (κ2) is 6.62. The Morgan fingerprint density at radius 1 is 1.23 bits per heavy atom. The molecule has 1 atom stereocenters. The van der Waals surface area contributed by atoms with Gasteiger partial charge < -0.3 is 15.4 Å². The van der Waals surface area contributed by atoms with E-state index < -0.39 is 0 Å². The van der Waals surface area contributed by atoms with Gasteiger partial charge in [0.15, 0.2) is 6.04 Å². The topological polar surface area (TPSA) is 54.9 Å². The molecule has 1 heterocycles. The monoisotopic (exact) mass is 297 g/mol. The number of hydrogen-bond acceptors (Lipinski definition) is 2. The number of nitrogens with two attached hydrogens (primary N) is 1. The van der Waals surface area contributed by atoms with E-state index in [-0.39, 0.29) is 11.9 Å². The second-order valence-electron chi connectivity index (χ2n) is 5.59. The van der Waals surface area contributed by atoms with Crippen molar-refractivity contribution in [3.05, 3.63) is 65.2 Å². The molecule has 0 spiro atoms. The largest absolute Gasteiger partial charge is 0.497 e. The molecule has 0 fully saturated rings. The lowest BCUT2D eigenvalue weighted by Crippen LogP contribution is -2.93. The minimum absolute atomic E-state index is 0.0412. The fraction of sp³-hybridized carbons (Fsp3) is 0.278. The summed E-state index contributed by atoms with van der Waals surface area (Å²) < 4.78 is 5.20. The minimum atomic E-state index is -0.0412. The van der Waals surface area contributed by atoms with Crippen LogP contribution < -0.4 is 15.4 Å². The van der Waals surface area contributed by atoms with Crippen LogP contribution in [0.4, 0.5) is 0 Å². The standard InChI is InChI=1S/C18H20N2O2/c1-22-16-8-4-5-13(9-16)11-20-18(21)17-10-14-6-2-3-7-15(14)12-19-17/h2-9,17,19H,10-12H2,1H3,(H,20,21)/p+1/t17-/m0/s1. The van der Waals surface area contributed by atoms with E-state index in [1.165, 1.54) is 11.1 Å². The zero-order valence-corrected chi connectivity index (χ0v) is 12.7. The van der Waals surface area contributed by atoms with E-state index in [1.807, 2.05) is 30.3 Å². The van der Waals surface area contributed by atoms with Gasteiger partial charge in [-0.15, -0.1) is 0 Å². The fourth-order valence-electron chi connectivity index (χ4n) is 2.85. The summed E-state index contributed by atoms with van der Waals surface area (Å²) in [5.41, 5.74) is 3.66. The van der Waals surface area contributed by atoms with Gasteiger partial charge in [-0.25, -0.2) is 0 Å². The van der Waals surface area contributed by atoms with Crippen LogP contribution in [0.15, 0.2) is 48.5 Å². The summed E-state index contributed by atoms with van der Waals surface area (Å²) >= 11 is 0. The first-order chi connectivity index (χ1) is 10.8. The van der Waals surface area contributed by atoms with Crippen LogP contribution in [0.25, 0.3) is 0 Å². The van der Waals surface area contributed by atoms with Crippen molar-refractivity contribution in [3.63, 3.8) is 0 Å². The van der Waals surface area contributed by atoms with Gasteiger partial charge in [0.1, 0.15) is 12.3 Å². The number of quaternary nitrogens is 1. The zero-order valence-electron chi connectivity index (χ0n) is 12.7. The van der Waals surface area contributed by atoms with Gasteiger partial charge in [0.05, 0.1) is 7.11 Å². The van der Waals surface area contributed by atoms with Gasteiger partial charge in [0.2, 0.25) is 0 Å². The Hall–Kier alpha value is -2.33. The summed E-state index contributed by atoms with van der Waals surface area (Å²) in [7, 11) is 1.64. The molecule has 0 saturated heterocycles. The molecule has 0 bridgehead atoms. The summed E-state index contributed by atoms with van der Waals surface area (Å²) in [5, 5.41) is 5.14. The van der Waals surface area contributed by atoms with Crippen LogP contribution >= 0.6 is 0 Å². The number of methoxy groups -OCH3 is 1. The Morgan fingerprint density at radius 3 is 2.86 bits per heavy atom. The summed E-state index contributed by atoms with van der Waals surface area (Å²) in [6, 6.07) is 16.1. The number of carbonyl (C=O) groups is 1. The quantitative estimate of drug-likeness (QED) is 0.884. The molecule has 3 rings (SSSR count). The number of rotatable bonds is 4. The fourth-order valence-corrected chi connectivity index (χ4v) is 2.85. The van der Waals surface area contributed by atoms with E-state index in [1.54, 1.807) is 7.11 Å². The van der Waals surface area contributed by atoms with Crippen LogP contribution in [0.5, 0.6) is 5.75 Å². The van der Waals surface area contributed by atoms with Gasteiger partial charge in [0.25, 0.3) is 5.91 Å². The van der Waals surface area contributed by atoms with Crippen molar-refractivity contribution in [2.45, 2.75) is 25.6 Å². The molecule has 22 heavy (non-hydrogen) atoms. The Labute approximate surface area is 130 Å². The van der Waals surface area contributed by atoms with Crippen LogP contribution in [-0.2, 0) is 24.3 Å². The van der Waals surface area contributed by atoms with Gasteiger partial charge in [-0.05, 0) is 23.3 Å². The van der Waals surface area contributed by atoms with Gasteiger partial charge in [-0.3, -0.25) is 4.79 Å². The zero-order chi connectivity index (χ0) is 15.4. The average molecular weight is 297 g/mol. The first-order valence-electron chi connectivity index (χ1n) is 7.57. The van der Waals surface area contributed by atoms with Crippen molar-refractivity contribution in [1.29, 1.82) is 0 Å². The molecule has 0 saturated carbocycles. The third kappa shape index (κ3) is 3.28. The van der Waals surface area contributed by atoms with Gasteiger partial charge in [-0.1, -0.05) is 36.4 Å². The molecule has 0 aromatic heterocycles. The summed E-state index contributed by atoms with van der Waals surface area (Å²) in [4.78, 5) is 12.4. The number of hydrogen-bond donors (Lipinski definition) is 2. The average Bonchev–Trinajstić information content (AvgIpc) is 2.59. The van der Waals surface area contributed by atoms with E-state index in [2.05, 4.69) is 28.8 Å². The van der Waals surface area contributed by atoms with Crippen molar-refractivity contribution >= 4 is 5.91 Å². The number of fused-ring (bicyclic) bond motifs is 1. The Balaban J connectivity index is 1.59. The molecule has 2 aromatic carbocycles. The van der Waals surface area contributed by atoms with E-state index in [4.69, 9.17) is 4.74 Å². The van der Waals surface area contributed by atoms with E-state index in [9.17, 15) is 4.79 Å². The van der Waals surface area contributed by atoms with Crippen molar-refractivity contribution in [1.82, 2.24) is 5.32 Å². The first kappa shape index (κ1) is 14.6. The summed E-state index contributed by atoms with van der Waals surface area (Å²) in [6.45, 7) is 1.40. The number of nitrogens with one attached hydrogen (secondary N) is 1. The van der Waals surface area contributed by atoms with E-state index >= 15 is 0 Å². The number of carbonyl (C=O) groups excluding carboxylic acids is 1. The van der Waals surface area contributed by atoms with Crippen molar-refractivity contribution in [3.8, 4) is 5.75 Å². The molecule has 2 aromatic rings. The highest BCUT2D eigenvalue weighted by Gasteiger charge is 2.27. The highest BCUT2D eigenvalue weighted by molar-refractivity contribution is 5.80. The Morgan fingerprint density at radius 2 is 2.05 bits per heavy atom. The molecule has 114 valence electrons. The van der Waals surface area contributed by atoms with Crippen LogP contribution in [0, 0.1) is 0 Å². The molecule has 0 radical (unpaired) electrons. The maximum atomic E-state index is 12.4. The molecule has 4 nitrogen and oxygen atoms in total. The van der Waals surface area contributed by atoms with Crippen molar-refractivity contribution in [2.75, 3.05) is 7.11 Å². The number of amides is 1. The Bertz CT molecular complexity index is 670. The number of ether oxygens (including phenoxy) is 1. The molecule has 0 unspecified atom stereocenters. The van der Waals surface area contributed by atoms with Gasteiger partial charge in [0, 0.05) is 18.5 Å². The smallest absolute Gasteiger partial charge is 0.278 e. The lowest BCUT2D eigenvalue weighted by Gasteiger charge is -2.22. The maximum Gasteiger partial charge on any atom is 0.278 e. The second-order valence-corrected chi connectivity index (χ2v) is 5.59. The number of benzene rings is 2. The predicted octanol–water partition coefficient (Wildman–Crippen LogP) is 1.000. The maximum absolute atomic E-state index is 12.4. The van der Waals surface area contributed by atoms with Crippen LogP contribution in [0.2, 0.25) is 0 Å². The summed E-state index contributed by atoms with van der Waals surface area (Å²) in [6.07, 6.45) is 0.792. The lowest BCUT2D eigenvalue weighted by molar-refractivity contribution is -0.695. The van der Waals surface area contributed by atoms with E-state index in [0.717, 1.165) is 24.3 Å². The van der Waals surface area contributed by atoms with E-state index in [0.29, 0.717) is 6.54 Å². The molecule has 3 N–H and O–H groups in total. The van der Waals surface area contributed by atoms with Crippen molar-refractivity contribution in [2.24, 2.45) is 0 Å². The lowest BCUT2D eigenvalue weighted by atomic mass is 9.95. The molecule has 1 amide bonds. The molecular weight excluding hydrogens is 276 g/mol. The third-order valence-corrected chi connectivity index (χ3v) is 4.12. The molecule has 0 aliphatic carbocycles. The first-order valence-corrected chi connectivity index (χ1v) is 7.57. The van der Waals surface area contributed by atoms with Crippen LogP contribution in [-0.4, -0.2) is 19.1 Å². The van der Waals surface area contributed by atoms with Crippen LogP contribution in [0.1, 0.15) is 16.7 Å².